The van der Waals surface area contributed by atoms with Crippen molar-refractivity contribution >= 4 is 39.3 Å². The van der Waals surface area contributed by atoms with Crippen LogP contribution in [-0.4, -0.2) is 64.2 Å². The lowest BCUT2D eigenvalue weighted by molar-refractivity contribution is -0.140. The van der Waals surface area contributed by atoms with Crippen LogP contribution in [0.4, 0.5) is 5.69 Å². The zero-order chi connectivity index (χ0) is 35.4. The molecule has 0 unspecified atom stereocenters. The van der Waals surface area contributed by atoms with Gasteiger partial charge >= 0.3 is 0 Å². The van der Waals surface area contributed by atoms with Gasteiger partial charge < -0.3 is 19.7 Å². The van der Waals surface area contributed by atoms with Crippen molar-refractivity contribution in [2.45, 2.75) is 49.6 Å². The number of ether oxygens (including phenoxy) is 2. The van der Waals surface area contributed by atoms with Crippen LogP contribution in [0.15, 0.2) is 113 Å². The molecule has 49 heavy (non-hydrogen) atoms. The number of carbonyl (C=O) groups is 2. The van der Waals surface area contributed by atoms with Crippen LogP contribution in [0.2, 0.25) is 0 Å². The van der Waals surface area contributed by atoms with E-state index < -0.39 is 28.5 Å². The molecule has 1 atom stereocenters. The average Bonchev–Trinajstić information content (AvgIpc) is 3.11. The summed E-state index contributed by atoms with van der Waals surface area (Å²) in [6.07, 6.45) is 2.13. The minimum absolute atomic E-state index is 0.0271. The number of hydrogen-bond donors (Lipinski definition) is 1. The quantitative estimate of drug-likeness (QED) is 0.127. The van der Waals surface area contributed by atoms with Crippen molar-refractivity contribution in [3.63, 3.8) is 0 Å². The van der Waals surface area contributed by atoms with Gasteiger partial charge in [0.05, 0.1) is 24.3 Å². The number of nitrogens with zero attached hydrogens (tertiary/aromatic N) is 2. The Balaban J connectivity index is 1.84. The van der Waals surface area contributed by atoms with Gasteiger partial charge in [0.2, 0.25) is 11.8 Å². The number of thioether (sulfide) groups is 1. The molecule has 4 aromatic rings. The predicted octanol–water partition coefficient (Wildman–Crippen LogP) is 6.42. The number of rotatable bonds is 17. The van der Waals surface area contributed by atoms with Crippen LogP contribution in [0.1, 0.15) is 31.9 Å². The lowest BCUT2D eigenvalue weighted by Gasteiger charge is -2.34. The lowest BCUT2D eigenvalue weighted by atomic mass is 10.0. The molecule has 0 bridgehead atoms. The molecule has 0 aliphatic rings. The molecule has 4 aromatic carbocycles. The van der Waals surface area contributed by atoms with Crippen molar-refractivity contribution in [1.82, 2.24) is 10.2 Å². The van der Waals surface area contributed by atoms with E-state index >= 15 is 0 Å². The number of anilines is 1. The Labute approximate surface area is 294 Å². The Kier molecular flexibility index (Phi) is 13.6. The third-order valence-electron chi connectivity index (χ3n) is 7.80. The number of methoxy groups -OCH3 is 1. The van der Waals surface area contributed by atoms with Crippen molar-refractivity contribution in [2.24, 2.45) is 5.92 Å². The third kappa shape index (κ3) is 10.0. The van der Waals surface area contributed by atoms with Gasteiger partial charge in [-0.2, -0.15) is 0 Å². The fourth-order valence-electron chi connectivity index (χ4n) is 5.27. The van der Waals surface area contributed by atoms with Crippen molar-refractivity contribution < 1.29 is 27.5 Å². The summed E-state index contributed by atoms with van der Waals surface area (Å²) in [5.41, 5.74) is 1.80. The first-order chi connectivity index (χ1) is 23.6. The maximum absolute atomic E-state index is 14.8. The van der Waals surface area contributed by atoms with Crippen molar-refractivity contribution in [1.29, 1.82) is 0 Å². The second kappa shape index (κ2) is 17.8. The Morgan fingerprint density at radius 3 is 2.20 bits per heavy atom. The van der Waals surface area contributed by atoms with E-state index in [4.69, 9.17) is 9.47 Å². The lowest BCUT2D eigenvalue weighted by Crippen LogP contribution is -2.53. The van der Waals surface area contributed by atoms with Gasteiger partial charge in [-0.15, -0.1) is 11.8 Å². The molecule has 4 rings (SSSR count). The molecule has 1 N–H and O–H groups in total. The van der Waals surface area contributed by atoms with Gasteiger partial charge in [-0.3, -0.25) is 13.9 Å². The second-order valence-electron chi connectivity index (χ2n) is 11.8. The highest BCUT2D eigenvalue weighted by molar-refractivity contribution is 7.98. The van der Waals surface area contributed by atoms with E-state index in [-0.39, 0.29) is 35.4 Å². The maximum atomic E-state index is 14.8. The van der Waals surface area contributed by atoms with E-state index in [1.54, 1.807) is 55.6 Å². The minimum Gasteiger partial charge on any atom is -0.497 e. The molecule has 0 saturated carbocycles. The minimum atomic E-state index is -4.28. The van der Waals surface area contributed by atoms with Crippen LogP contribution in [0.25, 0.3) is 0 Å². The number of amides is 2. The number of sulfonamides is 1. The van der Waals surface area contributed by atoms with Crippen LogP contribution in [0.3, 0.4) is 0 Å². The van der Waals surface area contributed by atoms with Crippen molar-refractivity contribution in [3.8, 4) is 11.5 Å². The largest absolute Gasteiger partial charge is 0.497 e. The molecule has 0 aromatic heterocycles. The normalized spacial score (nSPS) is 11.9. The monoisotopic (exact) mass is 703 g/mol. The number of para-hydroxylation sites is 2. The van der Waals surface area contributed by atoms with E-state index in [1.807, 2.05) is 69.5 Å². The summed E-state index contributed by atoms with van der Waals surface area (Å²) >= 11 is 1.50. The van der Waals surface area contributed by atoms with Crippen molar-refractivity contribution in [3.05, 3.63) is 114 Å². The molecule has 0 aliphatic heterocycles. The summed E-state index contributed by atoms with van der Waals surface area (Å²) in [5, 5.41) is 3.01. The van der Waals surface area contributed by atoms with Crippen LogP contribution >= 0.6 is 11.8 Å². The average molecular weight is 704 g/mol. The topological polar surface area (TPSA) is 105 Å². The molecule has 0 spiro atoms. The number of benzene rings is 4. The highest BCUT2D eigenvalue weighted by atomic mass is 32.2. The highest BCUT2D eigenvalue weighted by Gasteiger charge is 2.35. The molecule has 0 fully saturated rings. The summed E-state index contributed by atoms with van der Waals surface area (Å²) < 4.78 is 41.3. The molecule has 0 saturated heterocycles. The second-order valence-corrected chi connectivity index (χ2v) is 14.5. The van der Waals surface area contributed by atoms with Crippen LogP contribution in [0.5, 0.6) is 11.5 Å². The fourth-order valence-corrected chi connectivity index (χ4v) is 7.11. The Morgan fingerprint density at radius 1 is 0.878 bits per heavy atom. The van der Waals surface area contributed by atoms with E-state index in [0.29, 0.717) is 24.7 Å². The summed E-state index contributed by atoms with van der Waals surface area (Å²) in [5.74, 6) is 0.205. The zero-order valence-electron chi connectivity index (χ0n) is 28.7. The summed E-state index contributed by atoms with van der Waals surface area (Å²) in [4.78, 5) is 31.2. The first-order valence-electron chi connectivity index (χ1n) is 16.2. The molecular weight excluding hydrogens is 659 g/mol. The standard InChI is InChI=1S/C38H45N3O6S2/c1-6-47-36-18-11-10-17-34(36)41(49(44,45)33-21-19-32(48-5)20-22-33)27-37(42)40(26-30-15-12-16-31(23-30)46-4)35(38(43)39-25-28(2)3)24-29-13-8-7-9-14-29/h7-23,28,35H,6,24-27H2,1-5H3,(H,39,43)/t35-/m1/s1. The molecular formula is C38H45N3O6S2. The smallest absolute Gasteiger partial charge is 0.264 e. The molecule has 260 valence electrons. The molecule has 9 nitrogen and oxygen atoms in total. The van der Waals surface area contributed by atoms with Crippen LogP contribution in [0, 0.1) is 5.92 Å². The fraction of sp³-hybridized carbons (Fsp3) is 0.316. The van der Waals surface area contributed by atoms with Crippen LogP contribution in [-0.2, 0) is 32.6 Å². The van der Waals surface area contributed by atoms with E-state index in [9.17, 15) is 18.0 Å². The first kappa shape index (κ1) is 37.3. The Morgan fingerprint density at radius 2 is 1.55 bits per heavy atom. The van der Waals surface area contributed by atoms with Gasteiger partial charge in [-0.05, 0) is 78.8 Å². The SMILES string of the molecule is CCOc1ccccc1N(CC(=O)N(Cc1cccc(OC)c1)[C@H](Cc1ccccc1)C(=O)NCC(C)C)S(=O)(=O)c1ccc(SC)cc1. The van der Waals surface area contributed by atoms with Gasteiger partial charge in [0.25, 0.3) is 10.0 Å². The molecule has 0 heterocycles. The maximum Gasteiger partial charge on any atom is 0.264 e. The van der Waals surface area contributed by atoms with E-state index in [1.165, 1.54) is 28.8 Å². The van der Waals surface area contributed by atoms with Crippen molar-refractivity contribution in [2.75, 3.05) is 37.4 Å². The van der Waals surface area contributed by atoms with Gasteiger partial charge in [-0.1, -0.05) is 68.4 Å². The number of carbonyl (C=O) groups excluding carboxylic acids is 2. The zero-order valence-corrected chi connectivity index (χ0v) is 30.3. The summed E-state index contributed by atoms with van der Waals surface area (Å²) in [6, 6.07) is 29.1. The number of hydrogen-bond acceptors (Lipinski definition) is 7. The Hall–Kier alpha value is -4.48. The molecule has 11 heteroatoms. The predicted molar refractivity (Wildman–Crippen MR) is 196 cm³/mol. The molecule has 0 aliphatic carbocycles. The van der Waals surface area contributed by atoms with Gasteiger partial charge in [-0.25, -0.2) is 8.42 Å². The molecule has 2 amide bonds. The van der Waals surface area contributed by atoms with Gasteiger partial charge in [0.15, 0.2) is 0 Å². The highest BCUT2D eigenvalue weighted by Crippen LogP contribution is 2.33. The van der Waals surface area contributed by atoms with Gasteiger partial charge in [0, 0.05) is 24.4 Å². The van der Waals surface area contributed by atoms with Gasteiger partial charge in [0.1, 0.15) is 24.1 Å². The Bertz CT molecular complexity index is 1780. The van der Waals surface area contributed by atoms with E-state index in [2.05, 4.69) is 5.32 Å². The van der Waals surface area contributed by atoms with Crippen LogP contribution < -0.4 is 19.1 Å². The first-order valence-corrected chi connectivity index (χ1v) is 18.9. The summed E-state index contributed by atoms with van der Waals surface area (Å²) in [7, 11) is -2.72. The summed E-state index contributed by atoms with van der Waals surface area (Å²) in [6.45, 7) is 5.96. The molecule has 0 radical (unpaired) electrons. The number of nitrogens with one attached hydrogen (secondary N) is 1. The third-order valence-corrected chi connectivity index (χ3v) is 10.3. The van der Waals surface area contributed by atoms with E-state index in [0.717, 1.165) is 20.3 Å².